The summed E-state index contributed by atoms with van der Waals surface area (Å²) in [5, 5.41) is 8.14. The van der Waals surface area contributed by atoms with Crippen molar-refractivity contribution in [2.24, 2.45) is 0 Å². The Bertz CT molecular complexity index is 982. The van der Waals surface area contributed by atoms with Crippen molar-refractivity contribution in [2.45, 2.75) is 33.2 Å². The highest BCUT2D eigenvalue weighted by Gasteiger charge is 2.15. The highest BCUT2D eigenvalue weighted by atomic mass is 32.1. The summed E-state index contributed by atoms with van der Waals surface area (Å²) in [6, 6.07) is 14.9. The van der Waals surface area contributed by atoms with Gasteiger partial charge >= 0.3 is 0 Å². The van der Waals surface area contributed by atoms with Gasteiger partial charge in [-0.05, 0) is 50.1 Å². The number of hydrogen-bond acceptors (Lipinski definition) is 4. The predicted molar refractivity (Wildman–Crippen MR) is 114 cm³/mol. The fourth-order valence-electron chi connectivity index (χ4n) is 2.76. The molecule has 0 spiro atoms. The zero-order valence-electron chi connectivity index (χ0n) is 16.2. The number of hydrogen-bond donors (Lipinski definition) is 2. The predicted octanol–water partition coefficient (Wildman–Crippen LogP) is 4.57. The summed E-state index contributed by atoms with van der Waals surface area (Å²) in [6.45, 7) is 5.95. The van der Waals surface area contributed by atoms with E-state index in [-0.39, 0.29) is 24.3 Å². The van der Waals surface area contributed by atoms with E-state index < -0.39 is 0 Å². The minimum Gasteiger partial charge on any atom is -0.349 e. The largest absolute Gasteiger partial charge is 0.349 e. The fraction of sp³-hybridized carbons (Fsp3) is 0.227. The van der Waals surface area contributed by atoms with E-state index >= 15 is 0 Å². The van der Waals surface area contributed by atoms with E-state index in [1.165, 1.54) is 22.5 Å². The van der Waals surface area contributed by atoms with Gasteiger partial charge in [-0.3, -0.25) is 9.59 Å². The molecule has 144 valence electrons. The van der Waals surface area contributed by atoms with Crippen LogP contribution in [0, 0.1) is 13.8 Å². The molecule has 0 unspecified atom stereocenters. The quantitative estimate of drug-likeness (QED) is 0.644. The van der Waals surface area contributed by atoms with Gasteiger partial charge in [0.25, 0.3) is 5.91 Å². The molecule has 0 saturated carbocycles. The van der Waals surface area contributed by atoms with Crippen molar-refractivity contribution in [2.75, 3.05) is 5.32 Å². The SMILES string of the molecule is Cc1ccc(-c2csc(NC(=O)C[C@H](C)NC(=O)c3ccccc3)n2)cc1C. The number of carbonyl (C=O) groups is 2. The van der Waals surface area contributed by atoms with Crippen LogP contribution >= 0.6 is 11.3 Å². The van der Waals surface area contributed by atoms with Gasteiger partial charge in [-0.1, -0.05) is 30.3 Å². The van der Waals surface area contributed by atoms with Gasteiger partial charge in [-0.2, -0.15) is 0 Å². The molecule has 0 bridgehead atoms. The first-order valence-electron chi connectivity index (χ1n) is 9.11. The van der Waals surface area contributed by atoms with Crippen LogP contribution in [0.5, 0.6) is 0 Å². The Hall–Kier alpha value is -2.99. The molecule has 1 atom stereocenters. The van der Waals surface area contributed by atoms with E-state index in [1.54, 1.807) is 12.1 Å². The summed E-state index contributed by atoms with van der Waals surface area (Å²) >= 11 is 1.39. The normalized spacial score (nSPS) is 11.7. The minimum atomic E-state index is -0.285. The Kier molecular flexibility index (Phi) is 6.21. The first kappa shape index (κ1) is 19.8. The van der Waals surface area contributed by atoms with Crippen molar-refractivity contribution in [3.63, 3.8) is 0 Å². The molecule has 1 aromatic heterocycles. The number of carbonyl (C=O) groups excluding carboxylic acids is 2. The lowest BCUT2D eigenvalue weighted by molar-refractivity contribution is -0.116. The van der Waals surface area contributed by atoms with E-state index in [0.717, 1.165) is 11.3 Å². The Labute approximate surface area is 168 Å². The maximum atomic E-state index is 12.3. The third-order valence-corrected chi connectivity index (χ3v) is 5.22. The fourth-order valence-corrected chi connectivity index (χ4v) is 3.50. The van der Waals surface area contributed by atoms with Crippen molar-refractivity contribution in [1.29, 1.82) is 0 Å². The number of rotatable bonds is 6. The zero-order chi connectivity index (χ0) is 20.1. The second-order valence-corrected chi connectivity index (χ2v) is 7.69. The number of aromatic nitrogens is 1. The third kappa shape index (κ3) is 5.04. The van der Waals surface area contributed by atoms with E-state index in [2.05, 4.69) is 41.6 Å². The van der Waals surface area contributed by atoms with Gasteiger partial charge in [0.05, 0.1) is 5.69 Å². The molecule has 0 fully saturated rings. The molecule has 0 aliphatic rings. The van der Waals surface area contributed by atoms with Crippen LogP contribution in [0.15, 0.2) is 53.9 Å². The van der Waals surface area contributed by atoms with Crippen LogP contribution < -0.4 is 10.6 Å². The van der Waals surface area contributed by atoms with Crippen molar-refractivity contribution in [3.8, 4) is 11.3 Å². The van der Waals surface area contributed by atoms with Crippen molar-refractivity contribution < 1.29 is 9.59 Å². The molecule has 2 amide bonds. The van der Waals surface area contributed by atoms with Gasteiger partial charge in [0, 0.05) is 29.0 Å². The topological polar surface area (TPSA) is 71.1 Å². The summed E-state index contributed by atoms with van der Waals surface area (Å²) in [4.78, 5) is 28.9. The molecule has 2 N–H and O–H groups in total. The number of amides is 2. The lowest BCUT2D eigenvalue weighted by Crippen LogP contribution is -2.35. The van der Waals surface area contributed by atoms with Crippen LogP contribution in [0.4, 0.5) is 5.13 Å². The smallest absolute Gasteiger partial charge is 0.251 e. The van der Waals surface area contributed by atoms with E-state index in [4.69, 9.17) is 0 Å². The third-order valence-electron chi connectivity index (χ3n) is 4.46. The molecule has 3 aromatic rings. The Morgan fingerprint density at radius 2 is 1.82 bits per heavy atom. The monoisotopic (exact) mass is 393 g/mol. The number of benzene rings is 2. The number of anilines is 1. The van der Waals surface area contributed by atoms with Gasteiger partial charge in [-0.25, -0.2) is 4.98 Å². The van der Waals surface area contributed by atoms with Crippen LogP contribution in [0.3, 0.4) is 0 Å². The summed E-state index contributed by atoms with van der Waals surface area (Å²) in [5.74, 6) is -0.367. The molecule has 0 aliphatic carbocycles. The molecule has 0 aliphatic heterocycles. The summed E-state index contributed by atoms with van der Waals surface area (Å²) in [7, 11) is 0. The number of aryl methyl sites for hydroxylation is 2. The lowest BCUT2D eigenvalue weighted by Gasteiger charge is -2.13. The number of thiazole rings is 1. The highest BCUT2D eigenvalue weighted by Crippen LogP contribution is 2.26. The Balaban J connectivity index is 1.55. The van der Waals surface area contributed by atoms with Crippen molar-refractivity contribution in [1.82, 2.24) is 10.3 Å². The minimum absolute atomic E-state index is 0.178. The Morgan fingerprint density at radius 1 is 1.07 bits per heavy atom. The van der Waals surface area contributed by atoms with E-state index in [9.17, 15) is 9.59 Å². The highest BCUT2D eigenvalue weighted by molar-refractivity contribution is 7.14. The van der Waals surface area contributed by atoms with Crippen LogP contribution in [-0.4, -0.2) is 22.8 Å². The van der Waals surface area contributed by atoms with Crippen LogP contribution in [-0.2, 0) is 4.79 Å². The Morgan fingerprint density at radius 3 is 2.54 bits per heavy atom. The molecular weight excluding hydrogens is 370 g/mol. The van der Waals surface area contributed by atoms with Gasteiger partial charge in [0.1, 0.15) is 0 Å². The maximum Gasteiger partial charge on any atom is 0.251 e. The van der Waals surface area contributed by atoms with Crippen LogP contribution in [0.1, 0.15) is 34.8 Å². The van der Waals surface area contributed by atoms with E-state index in [1.807, 2.05) is 36.6 Å². The molecule has 6 heteroatoms. The summed E-state index contributed by atoms with van der Waals surface area (Å²) < 4.78 is 0. The van der Waals surface area contributed by atoms with Crippen molar-refractivity contribution in [3.05, 3.63) is 70.6 Å². The molecule has 0 saturated heterocycles. The molecular formula is C22H23N3O2S. The van der Waals surface area contributed by atoms with Crippen LogP contribution in [0.2, 0.25) is 0 Å². The molecule has 1 heterocycles. The van der Waals surface area contributed by atoms with Gasteiger partial charge < -0.3 is 10.6 Å². The average Bonchev–Trinajstić information content (AvgIpc) is 3.12. The summed E-state index contributed by atoms with van der Waals surface area (Å²) in [5.41, 5.74) is 4.89. The van der Waals surface area contributed by atoms with E-state index in [0.29, 0.717) is 10.7 Å². The second-order valence-electron chi connectivity index (χ2n) is 6.83. The molecule has 5 nitrogen and oxygen atoms in total. The van der Waals surface area contributed by atoms with Crippen molar-refractivity contribution >= 4 is 28.3 Å². The first-order valence-corrected chi connectivity index (χ1v) is 9.99. The van der Waals surface area contributed by atoms with Gasteiger partial charge in [-0.15, -0.1) is 11.3 Å². The van der Waals surface area contributed by atoms with Crippen LogP contribution in [0.25, 0.3) is 11.3 Å². The molecule has 2 aromatic carbocycles. The first-order chi connectivity index (χ1) is 13.4. The molecule has 0 radical (unpaired) electrons. The zero-order valence-corrected chi connectivity index (χ0v) is 17.0. The summed E-state index contributed by atoms with van der Waals surface area (Å²) in [6.07, 6.45) is 0.178. The number of nitrogens with zero attached hydrogens (tertiary/aromatic N) is 1. The lowest BCUT2D eigenvalue weighted by atomic mass is 10.1. The van der Waals surface area contributed by atoms with Gasteiger partial charge in [0.15, 0.2) is 5.13 Å². The number of nitrogens with one attached hydrogen (secondary N) is 2. The molecule has 3 rings (SSSR count). The maximum absolute atomic E-state index is 12.3. The molecule has 28 heavy (non-hydrogen) atoms. The van der Waals surface area contributed by atoms with Gasteiger partial charge in [0.2, 0.25) is 5.91 Å². The standard InChI is InChI=1S/C22H23N3O2S/c1-14-9-10-18(11-15(14)2)19-13-28-22(24-19)25-20(26)12-16(3)23-21(27)17-7-5-4-6-8-17/h4-11,13,16H,12H2,1-3H3,(H,23,27)(H,24,25,26)/t16-/m0/s1. The average molecular weight is 394 g/mol. The second kappa shape index (κ2) is 8.80.